The lowest BCUT2D eigenvalue weighted by Crippen LogP contribution is -2.26. The zero-order valence-electron chi connectivity index (χ0n) is 9.04. The molecule has 0 aromatic carbocycles. The van der Waals surface area contributed by atoms with Gasteiger partial charge in [-0.1, -0.05) is 0 Å². The van der Waals surface area contributed by atoms with Crippen LogP contribution in [-0.4, -0.2) is 35.2 Å². The van der Waals surface area contributed by atoms with Crippen LogP contribution < -0.4 is 5.32 Å². The number of carbonyl (C=O) groups excluding carboxylic acids is 1. The van der Waals surface area contributed by atoms with Crippen LogP contribution in [0.3, 0.4) is 0 Å². The lowest BCUT2D eigenvalue weighted by molar-refractivity contribution is -0.133. The van der Waals surface area contributed by atoms with E-state index in [-0.39, 0.29) is 23.7 Å². The van der Waals surface area contributed by atoms with E-state index in [4.69, 9.17) is 10.2 Å². The largest absolute Gasteiger partial charge is 0.478 e. The third-order valence-corrected chi connectivity index (χ3v) is 2.09. The maximum absolute atomic E-state index is 11.4. The van der Waals surface area contributed by atoms with Crippen LogP contribution in [0.15, 0.2) is 11.1 Å². The molecule has 0 saturated carbocycles. The Kier molecular flexibility index (Phi) is 6.37. The zero-order valence-corrected chi connectivity index (χ0v) is 9.04. The summed E-state index contributed by atoms with van der Waals surface area (Å²) in [7, 11) is 0. The highest BCUT2D eigenvalue weighted by Gasteiger charge is 2.11. The smallest absolute Gasteiger partial charge is 0.331 e. The minimum absolute atomic E-state index is 0.0506. The van der Waals surface area contributed by atoms with E-state index in [1.165, 1.54) is 13.8 Å². The van der Waals surface area contributed by atoms with Crippen LogP contribution in [0.4, 0.5) is 0 Å². The second-order valence-electron chi connectivity index (χ2n) is 3.24. The van der Waals surface area contributed by atoms with E-state index in [9.17, 15) is 9.59 Å². The highest BCUT2D eigenvalue weighted by atomic mass is 16.4. The van der Waals surface area contributed by atoms with Gasteiger partial charge in [-0.05, 0) is 26.7 Å². The van der Waals surface area contributed by atoms with Crippen LogP contribution in [0.1, 0.15) is 26.7 Å². The van der Waals surface area contributed by atoms with Crippen molar-refractivity contribution < 1.29 is 19.8 Å². The van der Waals surface area contributed by atoms with E-state index >= 15 is 0 Å². The van der Waals surface area contributed by atoms with Gasteiger partial charge in [0.15, 0.2) is 0 Å². The molecule has 0 bridgehead atoms. The van der Waals surface area contributed by atoms with Crippen molar-refractivity contribution in [2.75, 3.05) is 13.2 Å². The molecule has 1 amide bonds. The molecule has 5 heteroatoms. The van der Waals surface area contributed by atoms with Crippen molar-refractivity contribution >= 4 is 11.9 Å². The van der Waals surface area contributed by atoms with Gasteiger partial charge in [-0.25, -0.2) is 4.79 Å². The molecular formula is C10H17NO4. The molecule has 0 heterocycles. The average molecular weight is 215 g/mol. The second-order valence-corrected chi connectivity index (χ2v) is 3.24. The molecule has 0 radical (unpaired) electrons. The van der Waals surface area contributed by atoms with Gasteiger partial charge in [-0.15, -0.1) is 0 Å². The van der Waals surface area contributed by atoms with E-state index in [0.29, 0.717) is 19.4 Å². The fourth-order valence-electron chi connectivity index (χ4n) is 0.902. The third kappa shape index (κ3) is 5.17. The number of rotatable bonds is 6. The Balaban J connectivity index is 4.11. The molecule has 0 unspecified atom stereocenters. The topological polar surface area (TPSA) is 86.6 Å². The van der Waals surface area contributed by atoms with Crippen LogP contribution in [0, 0.1) is 0 Å². The molecule has 0 atom stereocenters. The Bertz CT molecular complexity index is 271. The van der Waals surface area contributed by atoms with Crippen molar-refractivity contribution in [1.29, 1.82) is 0 Å². The summed E-state index contributed by atoms with van der Waals surface area (Å²) in [5, 5.41) is 19.7. The predicted molar refractivity (Wildman–Crippen MR) is 55.3 cm³/mol. The molecule has 15 heavy (non-hydrogen) atoms. The summed E-state index contributed by atoms with van der Waals surface area (Å²) >= 11 is 0. The maximum atomic E-state index is 11.4. The molecule has 3 N–H and O–H groups in total. The number of carboxylic acid groups (broad SMARTS) is 1. The number of aliphatic carboxylic acids is 1. The Labute approximate surface area is 88.8 Å². The standard InChI is InChI=1S/C10H17NO4/c1-7(8(2)10(14)15)9(13)11-5-3-4-6-12/h12H,3-6H2,1-2H3,(H,11,13)(H,14,15). The molecule has 5 nitrogen and oxygen atoms in total. The van der Waals surface area contributed by atoms with Gasteiger partial charge in [0.2, 0.25) is 5.91 Å². The molecule has 0 aliphatic rings. The van der Waals surface area contributed by atoms with Crippen molar-refractivity contribution in [3.63, 3.8) is 0 Å². The van der Waals surface area contributed by atoms with Crippen LogP contribution in [0.25, 0.3) is 0 Å². The third-order valence-electron chi connectivity index (χ3n) is 2.09. The zero-order chi connectivity index (χ0) is 11.8. The number of amides is 1. The summed E-state index contributed by atoms with van der Waals surface area (Å²) in [6, 6.07) is 0. The summed E-state index contributed by atoms with van der Waals surface area (Å²) in [6.07, 6.45) is 1.31. The molecule has 0 aliphatic heterocycles. The first-order valence-electron chi connectivity index (χ1n) is 4.80. The summed E-state index contributed by atoms with van der Waals surface area (Å²) < 4.78 is 0. The van der Waals surface area contributed by atoms with Gasteiger partial charge in [0, 0.05) is 24.3 Å². The van der Waals surface area contributed by atoms with Crippen LogP contribution >= 0.6 is 0 Å². The lowest BCUT2D eigenvalue weighted by atomic mass is 10.1. The van der Waals surface area contributed by atoms with Crippen LogP contribution in [0.2, 0.25) is 0 Å². The fraction of sp³-hybridized carbons (Fsp3) is 0.600. The predicted octanol–water partition coefficient (Wildman–Crippen LogP) is 0.296. The SMILES string of the molecule is CC(C(=O)O)=C(C)C(=O)NCCCCO. The second kappa shape index (κ2) is 7.00. The van der Waals surface area contributed by atoms with Crippen LogP contribution in [0.5, 0.6) is 0 Å². The first kappa shape index (κ1) is 13.6. The number of aliphatic hydroxyl groups excluding tert-OH is 1. The number of carbonyl (C=O) groups is 2. The molecule has 0 rings (SSSR count). The molecule has 0 fully saturated rings. The van der Waals surface area contributed by atoms with Crippen molar-refractivity contribution in [3.05, 3.63) is 11.1 Å². The Morgan fingerprint density at radius 1 is 1.13 bits per heavy atom. The first-order chi connectivity index (χ1) is 7.00. The summed E-state index contributed by atoms with van der Waals surface area (Å²) in [6.45, 7) is 3.41. The summed E-state index contributed by atoms with van der Waals surface area (Å²) in [5.74, 6) is -1.45. The molecule has 0 saturated heterocycles. The number of hydrogen-bond acceptors (Lipinski definition) is 3. The Hall–Kier alpha value is -1.36. The van der Waals surface area contributed by atoms with Crippen molar-refractivity contribution in [3.8, 4) is 0 Å². The van der Waals surface area contributed by atoms with Gasteiger partial charge >= 0.3 is 5.97 Å². The van der Waals surface area contributed by atoms with Crippen molar-refractivity contribution in [1.82, 2.24) is 5.32 Å². The normalized spacial score (nSPS) is 11.9. The van der Waals surface area contributed by atoms with Gasteiger partial charge in [-0.3, -0.25) is 4.79 Å². The number of unbranched alkanes of at least 4 members (excludes halogenated alkanes) is 1. The molecule has 0 aromatic rings. The van der Waals surface area contributed by atoms with Gasteiger partial charge in [0.05, 0.1) is 0 Å². The highest BCUT2D eigenvalue weighted by molar-refractivity contribution is 6.01. The first-order valence-corrected chi connectivity index (χ1v) is 4.80. The van der Waals surface area contributed by atoms with Gasteiger partial charge in [0.1, 0.15) is 0 Å². The Morgan fingerprint density at radius 2 is 1.73 bits per heavy atom. The van der Waals surface area contributed by atoms with Crippen molar-refractivity contribution in [2.45, 2.75) is 26.7 Å². The minimum Gasteiger partial charge on any atom is -0.478 e. The summed E-state index contributed by atoms with van der Waals surface area (Å²) in [5.41, 5.74) is 0.265. The van der Waals surface area contributed by atoms with E-state index < -0.39 is 5.97 Å². The highest BCUT2D eigenvalue weighted by Crippen LogP contribution is 2.03. The average Bonchev–Trinajstić information content (AvgIpc) is 2.21. The van der Waals surface area contributed by atoms with E-state index in [2.05, 4.69) is 5.32 Å². The van der Waals surface area contributed by atoms with Gasteiger partial charge in [0.25, 0.3) is 0 Å². The maximum Gasteiger partial charge on any atom is 0.331 e. The summed E-state index contributed by atoms with van der Waals surface area (Å²) in [4.78, 5) is 21.9. The van der Waals surface area contributed by atoms with Crippen LogP contribution in [-0.2, 0) is 9.59 Å². The van der Waals surface area contributed by atoms with Gasteiger partial charge in [-0.2, -0.15) is 0 Å². The molecule has 0 aliphatic carbocycles. The molecule has 86 valence electrons. The quantitative estimate of drug-likeness (QED) is 0.439. The molecule has 0 aromatic heterocycles. The van der Waals surface area contributed by atoms with Crippen molar-refractivity contribution in [2.24, 2.45) is 0 Å². The lowest BCUT2D eigenvalue weighted by Gasteiger charge is -2.06. The number of nitrogens with one attached hydrogen (secondary N) is 1. The molecule has 0 spiro atoms. The van der Waals surface area contributed by atoms with E-state index in [1.807, 2.05) is 0 Å². The molecular weight excluding hydrogens is 198 g/mol. The van der Waals surface area contributed by atoms with Gasteiger partial charge < -0.3 is 15.5 Å². The van der Waals surface area contributed by atoms with E-state index in [0.717, 1.165) is 0 Å². The number of aliphatic hydroxyl groups is 1. The fourth-order valence-corrected chi connectivity index (χ4v) is 0.902. The monoisotopic (exact) mass is 215 g/mol. The minimum atomic E-state index is -1.09. The number of hydrogen-bond donors (Lipinski definition) is 3. The Morgan fingerprint density at radius 3 is 2.20 bits per heavy atom. The number of carboxylic acids is 1. The van der Waals surface area contributed by atoms with E-state index in [1.54, 1.807) is 0 Å².